The highest BCUT2D eigenvalue weighted by Crippen LogP contribution is 2.30. The molecule has 0 fully saturated rings. The molecule has 104 valence electrons. The lowest BCUT2D eigenvalue weighted by molar-refractivity contribution is 0.0601. The molecule has 5 heteroatoms. The molecule has 0 radical (unpaired) electrons. The Labute approximate surface area is 116 Å². The number of para-hydroxylation sites is 1. The van der Waals surface area contributed by atoms with Gasteiger partial charge in [0.15, 0.2) is 0 Å². The summed E-state index contributed by atoms with van der Waals surface area (Å²) < 4.78 is 18.6. The summed E-state index contributed by atoms with van der Waals surface area (Å²) in [5.41, 5.74) is 7.31. The van der Waals surface area contributed by atoms with Crippen LogP contribution in [0.2, 0.25) is 0 Å². The number of anilines is 3. The van der Waals surface area contributed by atoms with Gasteiger partial charge < -0.3 is 15.4 Å². The number of nitrogens with two attached hydrogens (primary N) is 1. The van der Waals surface area contributed by atoms with Crippen LogP contribution in [0.1, 0.15) is 10.4 Å². The number of nitrogens with zero attached hydrogens (tertiary/aromatic N) is 1. The van der Waals surface area contributed by atoms with Crippen molar-refractivity contribution in [1.29, 1.82) is 0 Å². The second kappa shape index (κ2) is 5.61. The van der Waals surface area contributed by atoms with Crippen LogP contribution in [0.5, 0.6) is 0 Å². The molecule has 0 aliphatic rings. The summed E-state index contributed by atoms with van der Waals surface area (Å²) in [6.07, 6.45) is 0. The highest BCUT2D eigenvalue weighted by Gasteiger charge is 2.18. The van der Waals surface area contributed by atoms with Gasteiger partial charge in [-0.3, -0.25) is 0 Å². The minimum absolute atomic E-state index is 0.290. The molecular weight excluding hydrogens is 259 g/mol. The summed E-state index contributed by atoms with van der Waals surface area (Å²) in [5.74, 6) is -0.891. The van der Waals surface area contributed by atoms with E-state index in [0.29, 0.717) is 22.6 Å². The molecule has 0 amide bonds. The third kappa shape index (κ3) is 2.56. The first-order chi connectivity index (χ1) is 9.54. The summed E-state index contributed by atoms with van der Waals surface area (Å²) >= 11 is 0. The molecule has 2 rings (SSSR count). The molecule has 0 aliphatic carbocycles. The first kappa shape index (κ1) is 13.9. The third-order valence-corrected chi connectivity index (χ3v) is 3.00. The Balaban J connectivity index is 2.52. The molecule has 2 aromatic carbocycles. The van der Waals surface area contributed by atoms with Gasteiger partial charge in [0, 0.05) is 12.7 Å². The number of halogens is 1. The van der Waals surface area contributed by atoms with Crippen molar-refractivity contribution in [1.82, 2.24) is 0 Å². The summed E-state index contributed by atoms with van der Waals surface area (Å²) in [6.45, 7) is 0. The Morgan fingerprint density at radius 1 is 1.20 bits per heavy atom. The van der Waals surface area contributed by atoms with Crippen molar-refractivity contribution >= 4 is 23.0 Å². The summed E-state index contributed by atoms with van der Waals surface area (Å²) in [5, 5.41) is 0. The number of benzene rings is 2. The maximum absolute atomic E-state index is 13.8. The Kier molecular flexibility index (Phi) is 3.89. The van der Waals surface area contributed by atoms with E-state index in [1.54, 1.807) is 42.3 Å². The SMILES string of the molecule is COC(=O)c1cc(N)ccc1N(C)c1ccccc1F. The van der Waals surface area contributed by atoms with Crippen molar-refractivity contribution in [2.24, 2.45) is 0 Å². The van der Waals surface area contributed by atoms with Crippen molar-refractivity contribution in [2.45, 2.75) is 0 Å². The van der Waals surface area contributed by atoms with Gasteiger partial charge in [-0.1, -0.05) is 12.1 Å². The van der Waals surface area contributed by atoms with E-state index < -0.39 is 5.97 Å². The third-order valence-electron chi connectivity index (χ3n) is 3.00. The smallest absolute Gasteiger partial charge is 0.340 e. The van der Waals surface area contributed by atoms with Crippen LogP contribution in [-0.4, -0.2) is 20.1 Å². The molecule has 2 N–H and O–H groups in total. The number of hydrogen-bond donors (Lipinski definition) is 1. The fourth-order valence-electron chi connectivity index (χ4n) is 1.97. The van der Waals surface area contributed by atoms with E-state index in [9.17, 15) is 9.18 Å². The summed E-state index contributed by atoms with van der Waals surface area (Å²) in [4.78, 5) is 13.4. The summed E-state index contributed by atoms with van der Waals surface area (Å²) in [7, 11) is 2.97. The van der Waals surface area contributed by atoms with Crippen molar-refractivity contribution < 1.29 is 13.9 Å². The van der Waals surface area contributed by atoms with Crippen LogP contribution in [0, 0.1) is 5.82 Å². The highest BCUT2D eigenvalue weighted by atomic mass is 19.1. The molecule has 0 saturated carbocycles. The van der Waals surface area contributed by atoms with Crippen LogP contribution in [0.25, 0.3) is 0 Å². The largest absolute Gasteiger partial charge is 0.465 e. The van der Waals surface area contributed by atoms with E-state index in [0.717, 1.165) is 0 Å². The van der Waals surface area contributed by atoms with Crippen LogP contribution in [0.15, 0.2) is 42.5 Å². The van der Waals surface area contributed by atoms with Crippen LogP contribution >= 0.6 is 0 Å². The number of carbonyl (C=O) groups is 1. The van der Waals surface area contributed by atoms with E-state index in [1.165, 1.54) is 19.2 Å². The van der Waals surface area contributed by atoms with E-state index >= 15 is 0 Å². The Morgan fingerprint density at radius 2 is 1.90 bits per heavy atom. The van der Waals surface area contributed by atoms with Gasteiger partial charge in [0.2, 0.25) is 0 Å². The second-order valence-corrected chi connectivity index (χ2v) is 4.28. The minimum Gasteiger partial charge on any atom is -0.465 e. The van der Waals surface area contributed by atoms with E-state index in [-0.39, 0.29) is 5.82 Å². The fourth-order valence-corrected chi connectivity index (χ4v) is 1.97. The predicted molar refractivity (Wildman–Crippen MR) is 76.7 cm³/mol. The van der Waals surface area contributed by atoms with E-state index in [2.05, 4.69) is 0 Å². The molecule has 0 heterocycles. The molecule has 4 nitrogen and oxygen atoms in total. The average molecular weight is 274 g/mol. The molecule has 0 atom stereocenters. The second-order valence-electron chi connectivity index (χ2n) is 4.28. The fraction of sp³-hybridized carbons (Fsp3) is 0.133. The van der Waals surface area contributed by atoms with Crippen molar-refractivity contribution in [3.05, 3.63) is 53.8 Å². The van der Waals surface area contributed by atoms with Crippen molar-refractivity contribution in [2.75, 3.05) is 24.8 Å². The molecule has 0 aliphatic heterocycles. The molecular formula is C15H15FN2O2. The van der Waals surface area contributed by atoms with Crippen molar-refractivity contribution in [3.8, 4) is 0 Å². The lowest BCUT2D eigenvalue weighted by atomic mass is 10.1. The Morgan fingerprint density at radius 3 is 2.55 bits per heavy atom. The number of nitrogen functional groups attached to an aromatic ring is 1. The molecule has 20 heavy (non-hydrogen) atoms. The van der Waals surface area contributed by atoms with Gasteiger partial charge in [0.1, 0.15) is 5.82 Å². The Bertz CT molecular complexity index is 644. The standard InChI is InChI=1S/C15H15FN2O2/c1-18(14-6-4-3-5-12(14)16)13-8-7-10(17)9-11(13)15(19)20-2/h3-9H,17H2,1-2H3. The van der Waals surface area contributed by atoms with Gasteiger partial charge >= 0.3 is 5.97 Å². The molecule has 0 unspecified atom stereocenters. The normalized spacial score (nSPS) is 10.2. The zero-order chi connectivity index (χ0) is 14.7. The summed E-state index contributed by atoms with van der Waals surface area (Å²) in [6, 6.07) is 11.2. The van der Waals surface area contributed by atoms with Crippen LogP contribution in [-0.2, 0) is 4.74 Å². The predicted octanol–water partition coefficient (Wildman–Crippen LogP) is 2.96. The molecule has 0 spiro atoms. The minimum atomic E-state index is -0.518. The number of ether oxygens (including phenoxy) is 1. The maximum Gasteiger partial charge on any atom is 0.340 e. The van der Waals surface area contributed by atoms with Gasteiger partial charge in [-0.05, 0) is 30.3 Å². The van der Waals surface area contributed by atoms with Crippen LogP contribution in [0.3, 0.4) is 0 Å². The van der Waals surface area contributed by atoms with E-state index in [1.807, 2.05) is 0 Å². The number of carbonyl (C=O) groups excluding carboxylic acids is 1. The highest BCUT2D eigenvalue weighted by molar-refractivity contribution is 5.97. The average Bonchev–Trinajstić information content (AvgIpc) is 2.46. The first-order valence-corrected chi connectivity index (χ1v) is 6.00. The first-order valence-electron chi connectivity index (χ1n) is 6.00. The van der Waals surface area contributed by atoms with Crippen LogP contribution < -0.4 is 10.6 Å². The molecule has 2 aromatic rings. The Hall–Kier alpha value is -2.56. The molecule has 0 saturated heterocycles. The zero-order valence-corrected chi connectivity index (χ0v) is 11.3. The lowest BCUT2D eigenvalue weighted by Crippen LogP contribution is -2.16. The van der Waals surface area contributed by atoms with Gasteiger partial charge in [-0.25, -0.2) is 9.18 Å². The molecule has 0 bridgehead atoms. The van der Waals surface area contributed by atoms with Gasteiger partial charge in [0.05, 0.1) is 24.0 Å². The lowest BCUT2D eigenvalue weighted by Gasteiger charge is -2.22. The molecule has 0 aromatic heterocycles. The topological polar surface area (TPSA) is 55.6 Å². The zero-order valence-electron chi connectivity index (χ0n) is 11.3. The van der Waals surface area contributed by atoms with Gasteiger partial charge in [-0.15, -0.1) is 0 Å². The van der Waals surface area contributed by atoms with Gasteiger partial charge in [0.25, 0.3) is 0 Å². The van der Waals surface area contributed by atoms with Crippen LogP contribution in [0.4, 0.5) is 21.5 Å². The van der Waals surface area contributed by atoms with Crippen molar-refractivity contribution in [3.63, 3.8) is 0 Å². The number of methoxy groups -OCH3 is 1. The maximum atomic E-state index is 13.8. The number of rotatable bonds is 3. The van der Waals surface area contributed by atoms with E-state index in [4.69, 9.17) is 10.5 Å². The number of hydrogen-bond acceptors (Lipinski definition) is 4. The number of esters is 1. The quantitative estimate of drug-likeness (QED) is 0.690. The van der Waals surface area contributed by atoms with Gasteiger partial charge in [-0.2, -0.15) is 0 Å². The monoisotopic (exact) mass is 274 g/mol.